The Kier molecular flexibility index (Phi) is 5.31. The lowest BCUT2D eigenvalue weighted by atomic mass is 10.1. The fourth-order valence-corrected chi connectivity index (χ4v) is 3.03. The third-order valence-electron chi connectivity index (χ3n) is 3.64. The molecular formula is C19H15BrN2O2S. The first-order valence-corrected chi connectivity index (χ1v) is 8.71. The quantitative estimate of drug-likeness (QED) is 0.607. The minimum Gasteiger partial charge on any atom is -0.496 e. The van der Waals surface area contributed by atoms with Gasteiger partial charge in [0.1, 0.15) is 5.75 Å². The second kappa shape index (κ2) is 7.63. The highest BCUT2D eigenvalue weighted by molar-refractivity contribution is 9.10. The number of benzene rings is 3. The predicted octanol–water partition coefficient (Wildman–Crippen LogP) is 4.74. The van der Waals surface area contributed by atoms with Crippen LogP contribution in [0.1, 0.15) is 10.4 Å². The number of hydrogen-bond donors (Lipinski definition) is 2. The highest BCUT2D eigenvalue weighted by atomic mass is 79.9. The molecule has 0 aromatic heterocycles. The van der Waals surface area contributed by atoms with Crippen molar-refractivity contribution < 1.29 is 9.53 Å². The molecular weight excluding hydrogens is 400 g/mol. The Morgan fingerprint density at radius 1 is 1.04 bits per heavy atom. The van der Waals surface area contributed by atoms with Gasteiger partial charge in [0.25, 0.3) is 5.91 Å². The van der Waals surface area contributed by atoms with E-state index < -0.39 is 0 Å². The van der Waals surface area contributed by atoms with Crippen LogP contribution in [-0.2, 0) is 0 Å². The van der Waals surface area contributed by atoms with E-state index in [1.807, 2.05) is 42.5 Å². The van der Waals surface area contributed by atoms with E-state index in [0.717, 1.165) is 20.9 Å². The van der Waals surface area contributed by atoms with E-state index in [1.165, 1.54) is 7.11 Å². The molecule has 0 heterocycles. The molecule has 1 amide bonds. The summed E-state index contributed by atoms with van der Waals surface area (Å²) in [6.07, 6.45) is 0. The number of thiocarbonyl (C=S) groups is 1. The van der Waals surface area contributed by atoms with E-state index in [1.54, 1.807) is 18.2 Å². The summed E-state index contributed by atoms with van der Waals surface area (Å²) in [5, 5.41) is 8.17. The van der Waals surface area contributed by atoms with E-state index in [0.29, 0.717) is 11.3 Å². The van der Waals surface area contributed by atoms with Crippen LogP contribution < -0.4 is 15.4 Å². The minimum absolute atomic E-state index is 0.224. The number of methoxy groups -OCH3 is 1. The van der Waals surface area contributed by atoms with E-state index >= 15 is 0 Å². The van der Waals surface area contributed by atoms with E-state index in [-0.39, 0.29) is 11.0 Å². The van der Waals surface area contributed by atoms with Crippen molar-refractivity contribution in [1.29, 1.82) is 0 Å². The van der Waals surface area contributed by atoms with E-state index in [2.05, 4.69) is 26.6 Å². The largest absolute Gasteiger partial charge is 0.496 e. The molecule has 0 spiro atoms. The molecule has 0 aliphatic heterocycles. The Labute approximate surface area is 159 Å². The fourth-order valence-electron chi connectivity index (χ4n) is 2.46. The second-order valence-corrected chi connectivity index (χ2v) is 6.64. The van der Waals surface area contributed by atoms with Crippen LogP contribution in [0.15, 0.2) is 65.1 Å². The van der Waals surface area contributed by atoms with Crippen LogP contribution in [0.25, 0.3) is 10.8 Å². The maximum atomic E-state index is 12.5. The molecule has 0 saturated heterocycles. The Bertz CT molecular complexity index is 959. The molecule has 0 atom stereocenters. The first-order valence-electron chi connectivity index (χ1n) is 7.51. The normalized spacial score (nSPS) is 10.3. The van der Waals surface area contributed by atoms with Gasteiger partial charge in [0.05, 0.1) is 12.7 Å². The highest BCUT2D eigenvalue weighted by Gasteiger charge is 2.14. The van der Waals surface area contributed by atoms with Crippen LogP contribution in [-0.4, -0.2) is 18.1 Å². The van der Waals surface area contributed by atoms with Gasteiger partial charge in [0.2, 0.25) is 0 Å². The molecule has 0 radical (unpaired) electrons. The zero-order valence-electron chi connectivity index (χ0n) is 13.4. The fraction of sp³-hybridized carbons (Fsp3) is 0.0526. The van der Waals surface area contributed by atoms with Gasteiger partial charge in [0.15, 0.2) is 5.11 Å². The molecule has 3 aromatic carbocycles. The number of halogens is 1. The van der Waals surface area contributed by atoms with Crippen LogP contribution >= 0.6 is 28.1 Å². The Morgan fingerprint density at radius 3 is 2.56 bits per heavy atom. The maximum absolute atomic E-state index is 12.5. The van der Waals surface area contributed by atoms with Crippen molar-refractivity contribution in [1.82, 2.24) is 5.32 Å². The van der Waals surface area contributed by atoms with E-state index in [9.17, 15) is 4.79 Å². The number of rotatable bonds is 3. The van der Waals surface area contributed by atoms with Gasteiger partial charge in [-0.3, -0.25) is 10.1 Å². The molecule has 0 fully saturated rings. The lowest BCUT2D eigenvalue weighted by Crippen LogP contribution is -2.34. The van der Waals surface area contributed by atoms with Crippen molar-refractivity contribution in [3.63, 3.8) is 0 Å². The zero-order valence-corrected chi connectivity index (χ0v) is 15.8. The first kappa shape index (κ1) is 17.4. The molecule has 0 bridgehead atoms. The molecule has 0 unspecified atom stereocenters. The van der Waals surface area contributed by atoms with Gasteiger partial charge in [-0.1, -0.05) is 46.3 Å². The van der Waals surface area contributed by atoms with Crippen LogP contribution in [0, 0.1) is 0 Å². The third kappa shape index (κ3) is 4.15. The van der Waals surface area contributed by atoms with Crippen LogP contribution in [0.5, 0.6) is 5.75 Å². The Balaban J connectivity index is 1.73. The van der Waals surface area contributed by atoms with Gasteiger partial charge >= 0.3 is 0 Å². The van der Waals surface area contributed by atoms with Crippen molar-refractivity contribution in [3.8, 4) is 5.75 Å². The lowest BCUT2D eigenvalue weighted by molar-refractivity contribution is 0.0974. The zero-order chi connectivity index (χ0) is 17.8. The molecule has 6 heteroatoms. The molecule has 3 aromatic rings. The smallest absolute Gasteiger partial charge is 0.261 e. The van der Waals surface area contributed by atoms with Gasteiger partial charge in [-0.15, -0.1) is 0 Å². The number of ether oxygens (including phenoxy) is 1. The van der Waals surface area contributed by atoms with Gasteiger partial charge in [-0.05, 0) is 53.3 Å². The monoisotopic (exact) mass is 414 g/mol. The summed E-state index contributed by atoms with van der Waals surface area (Å²) in [6.45, 7) is 0. The summed E-state index contributed by atoms with van der Waals surface area (Å²) in [4.78, 5) is 12.5. The van der Waals surface area contributed by atoms with Gasteiger partial charge in [-0.25, -0.2) is 0 Å². The summed E-state index contributed by atoms with van der Waals surface area (Å²) < 4.78 is 6.01. The standard InChI is InChI=1S/C19H15BrN2O2S/c1-24-17-9-7-14(20)11-16(17)18(23)22-19(25)21-15-8-6-12-4-2-3-5-13(12)10-15/h2-11H,1H3,(H2,21,22,23,25). The average molecular weight is 415 g/mol. The van der Waals surface area contributed by atoms with Crippen molar-refractivity contribution >= 4 is 55.6 Å². The van der Waals surface area contributed by atoms with Gasteiger partial charge < -0.3 is 10.1 Å². The van der Waals surface area contributed by atoms with Crippen molar-refractivity contribution in [2.45, 2.75) is 0 Å². The van der Waals surface area contributed by atoms with Crippen molar-refractivity contribution in [3.05, 3.63) is 70.7 Å². The van der Waals surface area contributed by atoms with Gasteiger partial charge in [0, 0.05) is 10.2 Å². The summed E-state index contributed by atoms with van der Waals surface area (Å²) in [5.41, 5.74) is 1.21. The maximum Gasteiger partial charge on any atom is 0.261 e. The molecule has 0 saturated carbocycles. The number of amides is 1. The molecule has 3 rings (SSSR count). The number of fused-ring (bicyclic) bond motifs is 1. The number of carbonyl (C=O) groups excluding carboxylic acids is 1. The van der Waals surface area contributed by atoms with Crippen LogP contribution in [0.2, 0.25) is 0 Å². The number of carbonyl (C=O) groups is 1. The topological polar surface area (TPSA) is 50.4 Å². The molecule has 126 valence electrons. The van der Waals surface area contributed by atoms with Crippen LogP contribution in [0.4, 0.5) is 5.69 Å². The van der Waals surface area contributed by atoms with E-state index in [4.69, 9.17) is 17.0 Å². The summed E-state index contributed by atoms with van der Waals surface area (Å²) in [7, 11) is 1.52. The highest BCUT2D eigenvalue weighted by Crippen LogP contribution is 2.23. The Hall–Kier alpha value is -2.44. The SMILES string of the molecule is COc1ccc(Br)cc1C(=O)NC(=S)Nc1ccc2ccccc2c1. The molecule has 0 aliphatic carbocycles. The summed E-state index contributed by atoms with van der Waals surface area (Å²) in [6, 6.07) is 19.1. The third-order valence-corrected chi connectivity index (χ3v) is 4.34. The van der Waals surface area contributed by atoms with Crippen molar-refractivity contribution in [2.24, 2.45) is 0 Å². The number of nitrogens with one attached hydrogen (secondary N) is 2. The molecule has 0 aliphatic rings. The number of hydrogen-bond acceptors (Lipinski definition) is 3. The Morgan fingerprint density at radius 2 is 1.80 bits per heavy atom. The van der Waals surface area contributed by atoms with Gasteiger partial charge in [-0.2, -0.15) is 0 Å². The summed E-state index contributed by atoms with van der Waals surface area (Å²) >= 11 is 8.60. The minimum atomic E-state index is -0.337. The number of anilines is 1. The molecule has 25 heavy (non-hydrogen) atoms. The summed E-state index contributed by atoms with van der Waals surface area (Å²) in [5.74, 6) is 0.144. The molecule has 4 nitrogen and oxygen atoms in total. The van der Waals surface area contributed by atoms with Crippen molar-refractivity contribution in [2.75, 3.05) is 12.4 Å². The van der Waals surface area contributed by atoms with Crippen LogP contribution in [0.3, 0.4) is 0 Å². The first-order chi connectivity index (χ1) is 12.1. The molecule has 2 N–H and O–H groups in total. The predicted molar refractivity (Wildman–Crippen MR) is 108 cm³/mol. The average Bonchev–Trinajstić information content (AvgIpc) is 2.61. The lowest BCUT2D eigenvalue weighted by Gasteiger charge is -2.12. The second-order valence-electron chi connectivity index (χ2n) is 5.31.